The number of rotatable bonds is 6. The first kappa shape index (κ1) is 14.7. The van der Waals surface area contributed by atoms with E-state index < -0.39 is 0 Å². The Bertz CT molecular complexity index is 344. The predicted octanol–water partition coefficient (Wildman–Crippen LogP) is 0.327. The summed E-state index contributed by atoms with van der Waals surface area (Å²) in [6, 6.07) is 0.193. The minimum absolute atomic E-state index is 0.0136. The van der Waals surface area contributed by atoms with E-state index >= 15 is 0 Å². The lowest BCUT2D eigenvalue weighted by Gasteiger charge is -2.21. The second-order valence-corrected chi connectivity index (χ2v) is 4.71. The number of hydrogen-bond donors (Lipinski definition) is 3. The molecule has 2 amide bonds. The first-order valence-corrected chi connectivity index (χ1v) is 6.51. The zero-order chi connectivity index (χ0) is 13.5. The summed E-state index contributed by atoms with van der Waals surface area (Å²) in [5.74, 6) is -0.0805. The molecule has 0 aromatic rings. The SMILES string of the molecule is CCC(C)NC(=O)CCNC(=O)C(C)=C1CNC1. The van der Waals surface area contributed by atoms with Crippen LogP contribution in [0.2, 0.25) is 0 Å². The van der Waals surface area contributed by atoms with Crippen LogP contribution in [0.15, 0.2) is 11.1 Å². The maximum Gasteiger partial charge on any atom is 0.246 e. The van der Waals surface area contributed by atoms with Crippen LogP contribution in [0.25, 0.3) is 0 Å². The van der Waals surface area contributed by atoms with E-state index in [1.54, 1.807) is 0 Å². The standard InChI is InChI=1S/C13H23N3O2/c1-4-9(2)16-12(17)5-6-15-13(18)10(3)11-7-14-8-11/h9,14H,4-8H2,1-3H3,(H,15,18)(H,16,17). The Morgan fingerprint density at radius 3 is 2.56 bits per heavy atom. The Balaban J connectivity index is 2.21. The van der Waals surface area contributed by atoms with Gasteiger partial charge in [0.2, 0.25) is 11.8 Å². The number of amides is 2. The van der Waals surface area contributed by atoms with Crippen LogP contribution < -0.4 is 16.0 Å². The molecule has 3 N–H and O–H groups in total. The molecule has 0 radical (unpaired) electrons. The monoisotopic (exact) mass is 253 g/mol. The highest BCUT2D eigenvalue weighted by Gasteiger charge is 2.15. The van der Waals surface area contributed by atoms with Gasteiger partial charge in [-0.05, 0) is 25.8 Å². The van der Waals surface area contributed by atoms with Crippen molar-refractivity contribution in [3.8, 4) is 0 Å². The number of nitrogens with one attached hydrogen (secondary N) is 3. The maximum absolute atomic E-state index is 11.7. The largest absolute Gasteiger partial charge is 0.354 e. The van der Waals surface area contributed by atoms with Crippen LogP contribution in [-0.2, 0) is 9.59 Å². The average Bonchev–Trinajstić information content (AvgIpc) is 2.26. The summed E-state index contributed by atoms with van der Waals surface area (Å²) in [5, 5.41) is 8.73. The lowest BCUT2D eigenvalue weighted by molar-refractivity contribution is -0.121. The van der Waals surface area contributed by atoms with Crippen molar-refractivity contribution in [3.63, 3.8) is 0 Å². The van der Waals surface area contributed by atoms with Crippen molar-refractivity contribution in [2.45, 2.75) is 39.7 Å². The molecule has 102 valence electrons. The van der Waals surface area contributed by atoms with Crippen LogP contribution in [0.5, 0.6) is 0 Å². The second kappa shape index (κ2) is 7.16. The third-order valence-electron chi connectivity index (χ3n) is 3.21. The first-order chi connectivity index (χ1) is 8.54. The van der Waals surface area contributed by atoms with Gasteiger partial charge in [-0.1, -0.05) is 6.92 Å². The van der Waals surface area contributed by atoms with E-state index in [4.69, 9.17) is 0 Å². The summed E-state index contributed by atoms with van der Waals surface area (Å²) < 4.78 is 0. The molecule has 1 aliphatic heterocycles. The lowest BCUT2D eigenvalue weighted by Crippen LogP contribution is -2.39. The minimum atomic E-state index is -0.0668. The van der Waals surface area contributed by atoms with Gasteiger partial charge < -0.3 is 16.0 Å². The molecule has 1 saturated heterocycles. The summed E-state index contributed by atoms with van der Waals surface area (Å²) in [7, 11) is 0. The van der Waals surface area contributed by atoms with E-state index in [-0.39, 0.29) is 17.9 Å². The van der Waals surface area contributed by atoms with Crippen LogP contribution in [0, 0.1) is 0 Å². The molecule has 0 saturated carbocycles. The molecule has 0 aromatic carbocycles. The van der Waals surface area contributed by atoms with Gasteiger partial charge in [-0.15, -0.1) is 0 Å². The molecule has 0 bridgehead atoms. The highest BCUT2D eigenvalue weighted by molar-refractivity contribution is 5.94. The van der Waals surface area contributed by atoms with Gasteiger partial charge >= 0.3 is 0 Å². The van der Waals surface area contributed by atoms with Crippen molar-refractivity contribution in [1.29, 1.82) is 0 Å². The summed E-state index contributed by atoms with van der Waals surface area (Å²) in [6.07, 6.45) is 1.24. The van der Waals surface area contributed by atoms with Gasteiger partial charge in [0.05, 0.1) is 0 Å². The van der Waals surface area contributed by atoms with Crippen LogP contribution >= 0.6 is 0 Å². The Morgan fingerprint density at radius 2 is 2.06 bits per heavy atom. The van der Waals surface area contributed by atoms with Gasteiger partial charge in [-0.2, -0.15) is 0 Å². The van der Waals surface area contributed by atoms with Crippen LogP contribution in [0.4, 0.5) is 0 Å². The second-order valence-electron chi connectivity index (χ2n) is 4.71. The van der Waals surface area contributed by atoms with E-state index in [1.165, 1.54) is 0 Å². The van der Waals surface area contributed by atoms with Gasteiger partial charge in [-0.25, -0.2) is 0 Å². The topological polar surface area (TPSA) is 70.2 Å². The van der Waals surface area contributed by atoms with Crippen molar-refractivity contribution in [1.82, 2.24) is 16.0 Å². The normalized spacial score (nSPS) is 15.6. The van der Waals surface area contributed by atoms with Crippen molar-refractivity contribution >= 4 is 11.8 Å². The van der Waals surface area contributed by atoms with Gasteiger partial charge in [0, 0.05) is 37.7 Å². The maximum atomic E-state index is 11.7. The van der Waals surface area contributed by atoms with Crippen LogP contribution in [-0.4, -0.2) is 37.5 Å². The number of hydrogen-bond acceptors (Lipinski definition) is 3. The highest BCUT2D eigenvalue weighted by Crippen LogP contribution is 2.08. The van der Waals surface area contributed by atoms with Crippen molar-refractivity contribution < 1.29 is 9.59 Å². The van der Waals surface area contributed by atoms with E-state index in [0.29, 0.717) is 13.0 Å². The van der Waals surface area contributed by atoms with Crippen molar-refractivity contribution in [2.24, 2.45) is 0 Å². The average molecular weight is 253 g/mol. The molecule has 1 fully saturated rings. The smallest absolute Gasteiger partial charge is 0.246 e. The van der Waals surface area contributed by atoms with Crippen LogP contribution in [0.3, 0.4) is 0 Å². The van der Waals surface area contributed by atoms with Gasteiger partial charge in [0.1, 0.15) is 0 Å². The zero-order valence-electron chi connectivity index (χ0n) is 11.4. The molecule has 18 heavy (non-hydrogen) atoms. The Morgan fingerprint density at radius 1 is 1.39 bits per heavy atom. The summed E-state index contributed by atoms with van der Waals surface area (Å²) >= 11 is 0. The highest BCUT2D eigenvalue weighted by atomic mass is 16.2. The van der Waals surface area contributed by atoms with Crippen LogP contribution in [0.1, 0.15) is 33.6 Å². The molecule has 1 atom stereocenters. The molecule has 1 aliphatic rings. The minimum Gasteiger partial charge on any atom is -0.354 e. The zero-order valence-corrected chi connectivity index (χ0v) is 11.4. The fourth-order valence-corrected chi connectivity index (χ4v) is 1.55. The van der Waals surface area contributed by atoms with E-state index in [9.17, 15) is 9.59 Å². The van der Waals surface area contributed by atoms with Gasteiger partial charge in [0.25, 0.3) is 0 Å². The summed E-state index contributed by atoms with van der Waals surface area (Å²) in [4.78, 5) is 23.2. The van der Waals surface area contributed by atoms with E-state index in [0.717, 1.165) is 30.7 Å². The molecule has 0 aromatic heterocycles. The fraction of sp³-hybridized carbons (Fsp3) is 0.692. The van der Waals surface area contributed by atoms with Gasteiger partial charge in [0.15, 0.2) is 0 Å². The Hall–Kier alpha value is -1.36. The molecular weight excluding hydrogens is 230 g/mol. The predicted molar refractivity (Wildman–Crippen MR) is 71.1 cm³/mol. The summed E-state index contributed by atoms with van der Waals surface area (Å²) in [6.45, 7) is 7.80. The third kappa shape index (κ3) is 4.49. The first-order valence-electron chi connectivity index (χ1n) is 6.51. The molecular formula is C13H23N3O2. The van der Waals surface area contributed by atoms with E-state index in [2.05, 4.69) is 16.0 Å². The molecule has 0 aliphatic carbocycles. The summed E-state index contributed by atoms with van der Waals surface area (Å²) in [5.41, 5.74) is 1.92. The van der Waals surface area contributed by atoms with Crippen molar-refractivity contribution in [3.05, 3.63) is 11.1 Å². The Labute approximate surface area is 108 Å². The Kier molecular flexibility index (Phi) is 5.85. The molecule has 0 spiro atoms. The number of carbonyl (C=O) groups is 2. The lowest BCUT2D eigenvalue weighted by atomic mass is 10.0. The molecule has 5 heteroatoms. The number of carbonyl (C=O) groups excluding carboxylic acids is 2. The molecule has 1 unspecified atom stereocenters. The third-order valence-corrected chi connectivity index (χ3v) is 3.21. The fourth-order valence-electron chi connectivity index (χ4n) is 1.55. The molecule has 5 nitrogen and oxygen atoms in total. The quantitative estimate of drug-likeness (QED) is 0.597. The van der Waals surface area contributed by atoms with E-state index in [1.807, 2.05) is 20.8 Å². The molecule has 1 heterocycles. The molecule has 1 rings (SSSR count). The van der Waals surface area contributed by atoms with Gasteiger partial charge in [-0.3, -0.25) is 9.59 Å². The van der Waals surface area contributed by atoms with Crippen molar-refractivity contribution in [2.75, 3.05) is 19.6 Å².